The average Bonchev–Trinajstić information content (AvgIpc) is 2.76. The van der Waals surface area contributed by atoms with Gasteiger partial charge in [-0.2, -0.15) is 0 Å². The van der Waals surface area contributed by atoms with Gasteiger partial charge in [-0.1, -0.05) is 17.8 Å². The molecular weight excluding hydrogens is 260 g/mol. The van der Waals surface area contributed by atoms with Crippen LogP contribution in [0.3, 0.4) is 0 Å². The summed E-state index contributed by atoms with van der Waals surface area (Å²) in [6.45, 7) is 7.26. The molecular formula is C13H22N4OS. The second-order valence-corrected chi connectivity index (χ2v) is 6.80. The number of amides is 1. The van der Waals surface area contributed by atoms with Gasteiger partial charge in [0.15, 0.2) is 5.13 Å². The third kappa shape index (κ3) is 4.18. The lowest BCUT2D eigenvalue weighted by atomic mass is 10.0. The van der Waals surface area contributed by atoms with E-state index in [0.29, 0.717) is 10.0 Å². The number of likely N-dealkylation sites (tertiary alicyclic amines) is 1. The number of piperidine rings is 1. The molecule has 1 saturated heterocycles. The Hall–Kier alpha value is -1.14. The second kappa shape index (κ2) is 5.88. The Labute approximate surface area is 118 Å². The van der Waals surface area contributed by atoms with Crippen LogP contribution in [0.15, 0.2) is 6.20 Å². The van der Waals surface area contributed by atoms with Gasteiger partial charge in [-0.25, -0.2) is 4.98 Å². The van der Waals surface area contributed by atoms with Gasteiger partial charge in [0.2, 0.25) is 0 Å². The summed E-state index contributed by atoms with van der Waals surface area (Å²) in [7, 11) is 0. The standard InChI is InChI=1S/C13H22N4OS/c1-13(2,9-17-6-4-3-5-7-17)16-11(18)10-8-15-12(14)19-10/h8H,3-7,9H2,1-2H3,(H2,14,15)(H,16,18). The van der Waals surface area contributed by atoms with Crippen LogP contribution in [0.1, 0.15) is 42.8 Å². The Balaban J connectivity index is 1.90. The lowest BCUT2D eigenvalue weighted by Crippen LogP contribution is -2.52. The lowest BCUT2D eigenvalue weighted by Gasteiger charge is -2.35. The van der Waals surface area contributed by atoms with Crippen molar-refractivity contribution in [3.63, 3.8) is 0 Å². The van der Waals surface area contributed by atoms with E-state index in [2.05, 4.69) is 29.0 Å². The molecule has 0 aliphatic carbocycles. The fourth-order valence-corrected chi connectivity index (χ4v) is 3.06. The molecule has 5 nitrogen and oxygen atoms in total. The molecule has 0 unspecified atom stereocenters. The fourth-order valence-electron chi connectivity index (χ4n) is 2.48. The van der Waals surface area contributed by atoms with Gasteiger partial charge in [-0.05, 0) is 39.8 Å². The first-order valence-corrected chi connectivity index (χ1v) is 7.54. The number of anilines is 1. The molecule has 0 atom stereocenters. The molecule has 0 bridgehead atoms. The number of thiazole rings is 1. The SMILES string of the molecule is CC(C)(CN1CCCCC1)NC(=O)c1cnc(N)s1. The van der Waals surface area contributed by atoms with E-state index < -0.39 is 0 Å². The van der Waals surface area contributed by atoms with E-state index in [4.69, 9.17) is 5.73 Å². The van der Waals surface area contributed by atoms with Crippen LogP contribution < -0.4 is 11.1 Å². The third-order valence-electron chi connectivity index (χ3n) is 3.27. The summed E-state index contributed by atoms with van der Waals surface area (Å²) in [5.41, 5.74) is 5.31. The molecule has 1 amide bonds. The van der Waals surface area contributed by atoms with Crippen molar-refractivity contribution in [1.82, 2.24) is 15.2 Å². The molecule has 19 heavy (non-hydrogen) atoms. The summed E-state index contributed by atoms with van der Waals surface area (Å²) in [4.78, 5) is 19.0. The predicted octanol–water partition coefficient (Wildman–Crippen LogP) is 1.72. The molecule has 0 spiro atoms. The molecule has 1 aliphatic rings. The lowest BCUT2D eigenvalue weighted by molar-refractivity contribution is 0.0882. The molecule has 0 radical (unpaired) electrons. The molecule has 1 aliphatic heterocycles. The molecule has 0 aromatic carbocycles. The molecule has 2 heterocycles. The van der Waals surface area contributed by atoms with Crippen LogP contribution in [0.25, 0.3) is 0 Å². The Bertz CT molecular complexity index is 438. The van der Waals surface area contributed by atoms with Crippen molar-refractivity contribution < 1.29 is 4.79 Å². The van der Waals surface area contributed by atoms with Crippen LogP contribution in [-0.4, -0.2) is 41.0 Å². The van der Waals surface area contributed by atoms with Gasteiger partial charge >= 0.3 is 0 Å². The number of nitrogens with one attached hydrogen (secondary N) is 1. The molecule has 1 aromatic heterocycles. The van der Waals surface area contributed by atoms with Crippen molar-refractivity contribution >= 4 is 22.4 Å². The smallest absolute Gasteiger partial charge is 0.263 e. The largest absolute Gasteiger partial charge is 0.375 e. The molecule has 1 aromatic rings. The zero-order valence-electron chi connectivity index (χ0n) is 11.6. The second-order valence-electron chi connectivity index (χ2n) is 5.74. The molecule has 1 fully saturated rings. The van der Waals surface area contributed by atoms with E-state index in [0.717, 1.165) is 19.6 Å². The summed E-state index contributed by atoms with van der Waals surface area (Å²) in [6.07, 6.45) is 5.38. The number of rotatable bonds is 4. The first kappa shape index (κ1) is 14.3. The average molecular weight is 282 g/mol. The zero-order valence-corrected chi connectivity index (χ0v) is 12.4. The molecule has 3 N–H and O–H groups in total. The summed E-state index contributed by atoms with van der Waals surface area (Å²) < 4.78 is 0. The van der Waals surface area contributed by atoms with Crippen LogP contribution >= 0.6 is 11.3 Å². The van der Waals surface area contributed by atoms with Crippen molar-refractivity contribution in [2.45, 2.75) is 38.6 Å². The normalized spacial score (nSPS) is 17.4. The highest BCUT2D eigenvalue weighted by Crippen LogP contribution is 2.17. The quantitative estimate of drug-likeness (QED) is 0.882. The summed E-state index contributed by atoms with van der Waals surface area (Å²) in [5, 5.41) is 3.50. The van der Waals surface area contributed by atoms with Gasteiger partial charge < -0.3 is 16.0 Å². The van der Waals surface area contributed by atoms with E-state index in [1.54, 1.807) is 0 Å². The van der Waals surface area contributed by atoms with Crippen LogP contribution in [0.5, 0.6) is 0 Å². The Morgan fingerprint density at radius 2 is 2.16 bits per heavy atom. The summed E-state index contributed by atoms with van der Waals surface area (Å²) in [6, 6.07) is 0. The van der Waals surface area contributed by atoms with E-state index in [9.17, 15) is 4.79 Å². The highest BCUT2D eigenvalue weighted by atomic mass is 32.1. The van der Waals surface area contributed by atoms with Gasteiger partial charge in [0.25, 0.3) is 5.91 Å². The van der Waals surface area contributed by atoms with E-state index in [1.165, 1.54) is 36.8 Å². The van der Waals surface area contributed by atoms with E-state index >= 15 is 0 Å². The number of carbonyl (C=O) groups excluding carboxylic acids is 1. The first-order chi connectivity index (χ1) is 8.96. The topological polar surface area (TPSA) is 71.2 Å². The minimum atomic E-state index is -0.243. The fraction of sp³-hybridized carbons (Fsp3) is 0.692. The minimum absolute atomic E-state index is 0.0868. The van der Waals surface area contributed by atoms with Gasteiger partial charge in [0.1, 0.15) is 4.88 Å². The Kier molecular flexibility index (Phi) is 4.42. The highest BCUT2D eigenvalue weighted by molar-refractivity contribution is 7.17. The van der Waals surface area contributed by atoms with Crippen LogP contribution in [0.2, 0.25) is 0 Å². The number of aromatic nitrogens is 1. The van der Waals surface area contributed by atoms with E-state index in [1.807, 2.05) is 0 Å². The zero-order chi connectivity index (χ0) is 13.9. The minimum Gasteiger partial charge on any atom is -0.375 e. The summed E-state index contributed by atoms with van der Waals surface area (Å²) >= 11 is 1.22. The van der Waals surface area contributed by atoms with Crippen molar-refractivity contribution in [3.8, 4) is 0 Å². The molecule has 106 valence electrons. The number of carbonyl (C=O) groups is 1. The Morgan fingerprint density at radius 3 is 2.74 bits per heavy atom. The van der Waals surface area contributed by atoms with Crippen LogP contribution in [0, 0.1) is 0 Å². The maximum absolute atomic E-state index is 12.1. The van der Waals surface area contributed by atoms with Crippen molar-refractivity contribution in [2.75, 3.05) is 25.4 Å². The number of hydrogen-bond donors (Lipinski definition) is 2. The van der Waals surface area contributed by atoms with Crippen molar-refractivity contribution in [2.24, 2.45) is 0 Å². The third-order valence-corrected chi connectivity index (χ3v) is 4.09. The van der Waals surface area contributed by atoms with Crippen LogP contribution in [0.4, 0.5) is 5.13 Å². The maximum Gasteiger partial charge on any atom is 0.263 e. The van der Waals surface area contributed by atoms with Gasteiger partial charge in [0.05, 0.1) is 6.20 Å². The molecule has 0 saturated carbocycles. The summed E-state index contributed by atoms with van der Waals surface area (Å²) in [5.74, 6) is -0.0868. The monoisotopic (exact) mass is 282 g/mol. The van der Waals surface area contributed by atoms with E-state index in [-0.39, 0.29) is 11.4 Å². The number of hydrogen-bond acceptors (Lipinski definition) is 5. The number of nitrogen functional groups attached to an aromatic ring is 1. The maximum atomic E-state index is 12.1. The van der Waals surface area contributed by atoms with Gasteiger partial charge in [-0.3, -0.25) is 4.79 Å². The molecule has 6 heteroatoms. The van der Waals surface area contributed by atoms with Crippen LogP contribution in [-0.2, 0) is 0 Å². The van der Waals surface area contributed by atoms with Crippen molar-refractivity contribution in [3.05, 3.63) is 11.1 Å². The number of nitrogens with zero attached hydrogens (tertiary/aromatic N) is 2. The predicted molar refractivity (Wildman–Crippen MR) is 78.4 cm³/mol. The van der Waals surface area contributed by atoms with Gasteiger partial charge in [0, 0.05) is 12.1 Å². The number of nitrogens with two attached hydrogens (primary N) is 1. The van der Waals surface area contributed by atoms with Crippen molar-refractivity contribution in [1.29, 1.82) is 0 Å². The highest BCUT2D eigenvalue weighted by Gasteiger charge is 2.25. The molecule has 2 rings (SSSR count). The van der Waals surface area contributed by atoms with Gasteiger partial charge in [-0.15, -0.1) is 0 Å². The first-order valence-electron chi connectivity index (χ1n) is 6.72. The Morgan fingerprint density at radius 1 is 1.47 bits per heavy atom.